The fourth-order valence-corrected chi connectivity index (χ4v) is 1.41. The van der Waals surface area contributed by atoms with E-state index >= 15 is 0 Å². The van der Waals surface area contributed by atoms with Gasteiger partial charge in [0.1, 0.15) is 0 Å². The van der Waals surface area contributed by atoms with Gasteiger partial charge in [0.15, 0.2) is 5.78 Å². The maximum Gasteiger partial charge on any atom is 0.187 e. The number of benzene rings is 1. The van der Waals surface area contributed by atoms with E-state index in [0.717, 1.165) is 5.57 Å². The molecule has 0 heterocycles. The van der Waals surface area contributed by atoms with Crippen LogP contribution in [0.1, 0.15) is 24.2 Å². The molecule has 0 saturated heterocycles. The highest BCUT2D eigenvalue weighted by Crippen LogP contribution is 2.21. The maximum absolute atomic E-state index is 11.6. The van der Waals surface area contributed by atoms with Gasteiger partial charge in [-0.1, -0.05) is 28.8 Å². The molecule has 0 unspecified atom stereocenters. The van der Waals surface area contributed by atoms with Gasteiger partial charge in [-0.05, 0) is 38.1 Å². The average molecular weight is 229 g/mol. The third kappa shape index (κ3) is 2.86. The van der Waals surface area contributed by atoms with Crippen molar-refractivity contribution in [1.29, 1.82) is 0 Å². The van der Waals surface area contributed by atoms with E-state index < -0.39 is 0 Å². The number of halogens is 2. The lowest BCUT2D eigenvalue weighted by molar-refractivity contribution is 0.104. The molecule has 14 heavy (non-hydrogen) atoms. The van der Waals surface area contributed by atoms with Gasteiger partial charge in [0.25, 0.3) is 0 Å². The monoisotopic (exact) mass is 228 g/mol. The summed E-state index contributed by atoms with van der Waals surface area (Å²) >= 11 is 11.6. The van der Waals surface area contributed by atoms with Gasteiger partial charge < -0.3 is 0 Å². The molecule has 0 spiro atoms. The Kier molecular flexibility index (Phi) is 3.73. The number of hydrogen-bond donors (Lipinski definition) is 0. The smallest absolute Gasteiger partial charge is 0.187 e. The molecule has 0 aliphatic heterocycles. The summed E-state index contributed by atoms with van der Waals surface area (Å²) in [6, 6.07) is 4.85. The van der Waals surface area contributed by atoms with Gasteiger partial charge in [-0.25, -0.2) is 0 Å². The quantitative estimate of drug-likeness (QED) is 0.550. The summed E-state index contributed by atoms with van der Waals surface area (Å²) in [5.41, 5.74) is 1.38. The normalized spacial score (nSPS) is 9.71. The minimum Gasteiger partial charge on any atom is -0.289 e. The second-order valence-electron chi connectivity index (χ2n) is 3.21. The highest BCUT2D eigenvalue weighted by Gasteiger charge is 2.07. The maximum atomic E-state index is 11.6. The van der Waals surface area contributed by atoms with Gasteiger partial charge in [-0.15, -0.1) is 0 Å². The van der Waals surface area contributed by atoms with E-state index in [1.54, 1.807) is 18.2 Å². The van der Waals surface area contributed by atoms with Gasteiger partial charge in [-0.2, -0.15) is 0 Å². The lowest BCUT2D eigenvalue weighted by Gasteiger charge is -2.00. The van der Waals surface area contributed by atoms with Gasteiger partial charge in [0, 0.05) is 10.6 Å². The van der Waals surface area contributed by atoms with Crippen LogP contribution in [-0.2, 0) is 0 Å². The van der Waals surface area contributed by atoms with Gasteiger partial charge in [0.2, 0.25) is 0 Å². The Labute approximate surface area is 93.3 Å². The number of hydrogen-bond acceptors (Lipinski definition) is 1. The molecule has 74 valence electrons. The van der Waals surface area contributed by atoms with Gasteiger partial charge in [-0.3, -0.25) is 4.79 Å². The number of carbonyl (C=O) groups excluding carboxylic acids is 1. The molecule has 0 amide bonds. The molecular weight excluding hydrogens is 219 g/mol. The molecule has 1 rings (SSSR count). The van der Waals surface area contributed by atoms with Crippen LogP contribution in [0.4, 0.5) is 0 Å². The summed E-state index contributed by atoms with van der Waals surface area (Å²) in [7, 11) is 0. The highest BCUT2D eigenvalue weighted by molar-refractivity contribution is 6.36. The molecule has 0 N–H and O–H groups in total. The van der Waals surface area contributed by atoms with Crippen molar-refractivity contribution in [2.45, 2.75) is 13.8 Å². The van der Waals surface area contributed by atoms with Crippen LogP contribution in [0.25, 0.3) is 0 Å². The Morgan fingerprint density at radius 1 is 1.29 bits per heavy atom. The molecule has 3 heteroatoms. The number of carbonyl (C=O) groups is 1. The van der Waals surface area contributed by atoms with Crippen molar-refractivity contribution in [3.8, 4) is 0 Å². The van der Waals surface area contributed by atoms with Crippen LogP contribution in [-0.4, -0.2) is 5.78 Å². The molecule has 0 aliphatic carbocycles. The minimum absolute atomic E-state index is 0.113. The fourth-order valence-electron chi connectivity index (χ4n) is 1.03. The molecule has 0 aromatic heterocycles. The zero-order valence-electron chi connectivity index (χ0n) is 7.97. The predicted molar refractivity (Wildman–Crippen MR) is 60.2 cm³/mol. The highest BCUT2D eigenvalue weighted by atomic mass is 35.5. The predicted octanol–water partition coefficient (Wildman–Crippen LogP) is 4.14. The summed E-state index contributed by atoms with van der Waals surface area (Å²) in [6.45, 7) is 3.71. The second kappa shape index (κ2) is 4.63. The van der Waals surface area contributed by atoms with Gasteiger partial charge in [0.05, 0.1) is 5.02 Å². The number of allylic oxidation sites excluding steroid dienone is 2. The molecule has 0 aliphatic rings. The lowest BCUT2D eigenvalue weighted by Crippen LogP contribution is -1.96. The van der Waals surface area contributed by atoms with E-state index in [0.29, 0.717) is 15.6 Å². The second-order valence-corrected chi connectivity index (χ2v) is 4.05. The number of ketones is 1. The molecular formula is C11H10Cl2O. The Balaban J connectivity index is 3.12. The van der Waals surface area contributed by atoms with Crippen molar-refractivity contribution in [2.24, 2.45) is 0 Å². The molecule has 1 aromatic rings. The molecule has 1 nitrogen and oxygen atoms in total. The SMILES string of the molecule is CC(C)=CC(=O)c1cc(Cl)ccc1Cl. The van der Waals surface area contributed by atoms with Crippen molar-refractivity contribution in [2.75, 3.05) is 0 Å². The Bertz CT molecular complexity index is 390. The van der Waals surface area contributed by atoms with Crippen molar-refractivity contribution in [1.82, 2.24) is 0 Å². The zero-order valence-corrected chi connectivity index (χ0v) is 9.49. The van der Waals surface area contributed by atoms with E-state index in [1.807, 2.05) is 13.8 Å². The molecule has 0 atom stereocenters. The molecule has 0 fully saturated rings. The Morgan fingerprint density at radius 3 is 2.50 bits per heavy atom. The summed E-state index contributed by atoms with van der Waals surface area (Å²) < 4.78 is 0. The Hall–Kier alpha value is -0.790. The first-order chi connectivity index (χ1) is 6.50. The zero-order chi connectivity index (χ0) is 10.7. The van der Waals surface area contributed by atoms with E-state index in [-0.39, 0.29) is 5.78 Å². The largest absolute Gasteiger partial charge is 0.289 e. The van der Waals surface area contributed by atoms with E-state index in [1.165, 1.54) is 6.08 Å². The molecule has 1 aromatic carbocycles. The topological polar surface area (TPSA) is 17.1 Å². The average Bonchev–Trinajstić information content (AvgIpc) is 2.08. The summed E-state index contributed by atoms with van der Waals surface area (Å²) in [4.78, 5) is 11.6. The summed E-state index contributed by atoms with van der Waals surface area (Å²) in [6.07, 6.45) is 1.54. The van der Waals surface area contributed by atoms with Crippen LogP contribution in [0, 0.1) is 0 Å². The van der Waals surface area contributed by atoms with Crippen LogP contribution in [0.5, 0.6) is 0 Å². The first kappa shape index (κ1) is 11.3. The fraction of sp³-hybridized carbons (Fsp3) is 0.182. The first-order valence-corrected chi connectivity index (χ1v) is 4.90. The van der Waals surface area contributed by atoms with Crippen molar-refractivity contribution >= 4 is 29.0 Å². The van der Waals surface area contributed by atoms with E-state index in [9.17, 15) is 4.79 Å². The van der Waals surface area contributed by atoms with Crippen LogP contribution in [0.15, 0.2) is 29.8 Å². The Morgan fingerprint density at radius 2 is 1.93 bits per heavy atom. The van der Waals surface area contributed by atoms with Crippen LogP contribution in [0.3, 0.4) is 0 Å². The molecule has 0 radical (unpaired) electrons. The van der Waals surface area contributed by atoms with Crippen LogP contribution < -0.4 is 0 Å². The standard InChI is InChI=1S/C11H10Cl2O/c1-7(2)5-11(14)9-6-8(12)3-4-10(9)13/h3-6H,1-2H3. The number of rotatable bonds is 2. The summed E-state index contributed by atoms with van der Waals surface area (Å²) in [5, 5.41) is 0.941. The molecule has 0 bridgehead atoms. The molecule has 0 saturated carbocycles. The van der Waals surface area contributed by atoms with Crippen LogP contribution in [0.2, 0.25) is 10.0 Å². The van der Waals surface area contributed by atoms with E-state index in [4.69, 9.17) is 23.2 Å². The van der Waals surface area contributed by atoms with Gasteiger partial charge >= 0.3 is 0 Å². The van der Waals surface area contributed by atoms with Crippen LogP contribution >= 0.6 is 23.2 Å². The van der Waals surface area contributed by atoms with Crippen molar-refractivity contribution in [3.63, 3.8) is 0 Å². The van der Waals surface area contributed by atoms with Crippen molar-refractivity contribution < 1.29 is 4.79 Å². The van der Waals surface area contributed by atoms with E-state index in [2.05, 4.69) is 0 Å². The lowest BCUT2D eigenvalue weighted by atomic mass is 10.1. The third-order valence-corrected chi connectivity index (χ3v) is 2.18. The first-order valence-electron chi connectivity index (χ1n) is 4.15. The summed E-state index contributed by atoms with van der Waals surface area (Å²) in [5.74, 6) is -0.113. The van der Waals surface area contributed by atoms with Crippen molar-refractivity contribution in [3.05, 3.63) is 45.5 Å². The minimum atomic E-state index is -0.113. The third-order valence-electron chi connectivity index (χ3n) is 1.61.